The van der Waals surface area contributed by atoms with Gasteiger partial charge in [-0.15, -0.1) is 0 Å². The van der Waals surface area contributed by atoms with Crippen LogP contribution in [-0.2, 0) is 11.0 Å². The number of rotatable bonds is 16. The Kier molecular flexibility index (Phi) is 15.0. The lowest BCUT2D eigenvalue weighted by molar-refractivity contribution is -0.138. The number of aromatic nitrogens is 1. The van der Waals surface area contributed by atoms with E-state index in [4.69, 9.17) is 0 Å². The molecule has 1 rings (SSSR count). The molecular weight excluding hydrogens is 497 g/mol. The highest BCUT2D eigenvalue weighted by atomic mass is 32.2. The first-order chi connectivity index (χ1) is 17.4. The van der Waals surface area contributed by atoms with Crippen molar-refractivity contribution in [3.63, 3.8) is 0 Å². The van der Waals surface area contributed by atoms with Gasteiger partial charge >= 0.3 is 12.1 Å². The molecule has 8 heteroatoms. The topological polar surface area (TPSA) is 62.2 Å². The Morgan fingerprint density at radius 2 is 1.49 bits per heavy atom. The van der Waals surface area contributed by atoms with Gasteiger partial charge in [0.1, 0.15) is 11.9 Å². The number of nitrogens with one attached hydrogen (secondary N) is 1. The van der Waals surface area contributed by atoms with Gasteiger partial charge in [-0.05, 0) is 85.3 Å². The molecule has 1 unspecified atom stereocenters. The Morgan fingerprint density at radius 1 is 0.946 bits per heavy atom. The van der Waals surface area contributed by atoms with Crippen molar-refractivity contribution in [1.82, 2.24) is 4.98 Å². The third-order valence-corrected chi connectivity index (χ3v) is 6.67. The molecule has 0 aliphatic heterocycles. The number of hydrogen-bond donors (Lipinski definition) is 2. The van der Waals surface area contributed by atoms with Gasteiger partial charge < -0.3 is 10.4 Å². The van der Waals surface area contributed by atoms with Crippen LogP contribution in [0.1, 0.15) is 78.7 Å². The molecule has 0 aliphatic carbocycles. The van der Waals surface area contributed by atoms with Gasteiger partial charge in [-0.2, -0.15) is 24.9 Å². The average Bonchev–Trinajstić information content (AvgIpc) is 2.80. The molecule has 0 amide bonds. The summed E-state index contributed by atoms with van der Waals surface area (Å²) in [6.07, 6.45) is 11.5. The number of thioether (sulfide) groups is 1. The van der Waals surface area contributed by atoms with Gasteiger partial charge in [-0.3, -0.25) is 0 Å². The highest BCUT2D eigenvalue weighted by Gasteiger charge is 2.30. The summed E-state index contributed by atoms with van der Waals surface area (Å²) < 4.78 is 38.0. The molecular formula is C29H41F3N2O2S. The third-order valence-electron chi connectivity index (χ3n) is 5.70. The second-order valence-corrected chi connectivity index (χ2v) is 10.6. The van der Waals surface area contributed by atoms with Crippen molar-refractivity contribution in [1.29, 1.82) is 0 Å². The number of halogens is 3. The smallest absolute Gasteiger partial charge is 0.417 e. The van der Waals surface area contributed by atoms with E-state index in [1.165, 1.54) is 34.1 Å². The Bertz CT molecular complexity index is 960. The number of carboxylic acid groups (broad SMARTS) is 1. The average molecular weight is 539 g/mol. The molecule has 1 heterocycles. The summed E-state index contributed by atoms with van der Waals surface area (Å²) in [6.45, 7) is 10.7. The normalized spacial score (nSPS) is 13.9. The molecule has 2 N–H and O–H groups in total. The van der Waals surface area contributed by atoms with Crippen molar-refractivity contribution in [2.45, 2.75) is 85.4 Å². The molecule has 0 saturated carbocycles. The molecule has 1 atom stereocenters. The number of nitrogens with zero attached hydrogens (tertiary/aromatic N) is 1. The van der Waals surface area contributed by atoms with E-state index < -0.39 is 23.8 Å². The van der Waals surface area contributed by atoms with Gasteiger partial charge in [0.25, 0.3) is 0 Å². The molecule has 0 saturated heterocycles. The summed E-state index contributed by atoms with van der Waals surface area (Å²) >= 11 is 1.45. The summed E-state index contributed by atoms with van der Waals surface area (Å²) in [5.41, 5.74) is 4.57. The lowest BCUT2D eigenvalue weighted by Crippen LogP contribution is -2.32. The Labute approximate surface area is 224 Å². The highest BCUT2D eigenvalue weighted by molar-refractivity contribution is 7.99. The molecule has 37 heavy (non-hydrogen) atoms. The fourth-order valence-electron chi connectivity index (χ4n) is 3.37. The lowest BCUT2D eigenvalue weighted by atomic mass is 10.0. The fraction of sp³-hybridized carbons (Fsp3) is 0.517. The minimum absolute atomic E-state index is 0.101. The standard InChI is InChI=1S/C29H41F3N2O2S/c1-21(2)9-6-10-22(3)11-7-12-23(4)13-8-14-24(5)17-18-37-20-26(28(35)36)34-27-16-15-25(19-33-27)29(30,31)32/h9,11,13,15-17,19,26H,6-8,10,12,14,18,20H2,1-5H3,(H,33,34)(H,35,36). The summed E-state index contributed by atoms with van der Waals surface area (Å²) in [5, 5.41) is 12.1. The number of carbonyl (C=O) groups is 1. The van der Waals surface area contributed by atoms with Gasteiger partial charge in [-0.25, -0.2) is 9.78 Å². The Hall–Kier alpha value is -2.48. The summed E-state index contributed by atoms with van der Waals surface area (Å²) in [7, 11) is 0. The first-order valence-electron chi connectivity index (χ1n) is 12.6. The van der Waals surface area contributed by atoms with Crippen LogP contribution in [-0.4, -0.2) is 33.6 Å². The Morgan fingerprint density at radius 3 is 1.95 bits per heavy atom. The molecule has 0 aromatic carbocycles. The molecule has 0 fully saturated rings. The van der Waals surface area contributed by atoms with Crippen LogP contribution in [0.15, 0.2) is 64.9 Å². The van der Waals surface area contributed by atoms with Gasteiger partial charge in [-0.1, -0.05) is 46.6 Å². The van der Waals surface area contributed by atoms with E-state index in [9.17, 15) is 23.1 Å². The third kappa shape index (κ3) is 15.4. The van der Waals surface area contributed by atoms with Crippen LogP contribution in [0.2, 0.25) is 0 Å². The summed E-state index contributed by atoms with van der Waals surface area (Å²) in [6, 6.07) is 1.08. The quantitative estimate of drug-likeness (QED) is 0.163. The van der Waals surface area contributed by atoms with Crippen LogP contribution in [0.5, 0.6) is 0 Å². The van der Waals surface area contributed by atoms with Gasteiger partial charge in [0.15, 0.2) is 0 Å². The first-order valence-corrected chi connectivity index (χ1v) is 13.7. The van der Waals surface area contributed by atoms with Crippen LogP contribution in [0, 0.1) is 0 Å². The predicted octanol–water partition coefficient (Wildman–Crippen LogP) is 8.84. The van der Waals surface area contributed by atoms with E-state index in [-0.39, 0.29) is 11.6 Å². The van der Waals surface area contributed by atoms with E-state index in [1.807, 2.05) is 0 Å². The minimum atomic E-state index is -4.48. The zero-order valence-corrected chi connectivity index (χ0v) is 23.4. The lowest BCUT2D eigenvalue weighted by Gasteiger charge is -2.15. The summed E-state index contributed by atoms with van der Waals surface area (Å²) in [5.74, 6) is -0.0444. The van der Waals surface area contributed by atoms with Gasteiger partial charge in [0, 0.05) is 17.7 Å². The number of allylic oxidation sites excluding steroid dienone is 7. The largest absolute Gasteiger partial charge is 0.480 e. The molecule has 206 valence electrons. The van der Waals surface area contributed by atoms with Crippen molar-refractivity contribution < 1.29 is 23.1 Å². The predicted molar refractivity (Wildman–Crippen MR) is 150 cm³/mol. The summed E-state index contributed by atoms with van der Waals surface area (Å²) in [4.78, 5) is 15.2. The second-order valence-electron chi connectivity index (χ2n) is 9.55. The fourth-order valence-corrected chi connectivity index (χ4v) is 4.37. The van der Waals surface area contributed by atoms with Crippen molar-refractivity contribution in [3.05, 3.63) is 70.5 Å². The molecule has 0 radical (unpaired) electrons. The molecule has 1 aromatic heterocycles. The highest BCUT2D eigenvalue weighted by Crippen LogP contribution is 2.29. The maximum atomic E-state index is 12.7. The number of carboxylic acids is 1. The monoisotopic (exact) mass is 538 g/mol. The Balaban J connectivity index is 2.37. The SMILES string of the molecule is CC(C)=CCCC(C)=CCCC(C)=CCCC(C)=CCSCC(Nc1ccc(C(F)(F)F)cn1)C(=O)O. The number of hydrogen-bond acceptors (Lipinski definition) is 4. The van der Waals surface area contributed by atoms with E-state index in [1.54, 1.807) is 0 Å². The van der Waals surface area contributed by atoms with Crippen molar-refractivity contribution in [2.75, 3.05) is 16.8 Å². The number of anilines is 1. The molecule has 4 nitrogen and oxygen atoms in total. The molecule has 0 aliphatic rings. The van der Waals surface area contributed by atoms with Gasteiger partial charge in [0.2, 0.25) is 0 Å². The van der Waals surface area contributed by atoms with Crippen molar-refractivity contribution >= 4 is 23.5 Å². The first kappa shape index (κ1) is 32.5. The van der Waals surface area contributed by atoms with Crippen LogP contribution in [0.25, 0.3) is 0 Å². The van der Waals surface area contributed by atoms with Crippen LogP contribution in [0.3, 0.4) is 0 Å². The maximum Gasteiger partial charge on any atom is 0.417 e. The van der Waals surface area contributed by atoms with E-state index in [0.717, 1.165) is 50.7 Å². The van der Waals surface area contributed by atoms with E-state index >= 15 is 0 Å². The van der Waals surface area contributed by atoms with Crippen LogP contribution in [0.4, 0.5) is 19.0 Å². The van der Waals surface area contributed by atoms with Crippen LogP contribution < -0.4 is 5.32 Å². The molecule has 0 bridgehead atoms. The second kappa shape index (κ2) is 17.1. The van der Waals surface area contributed by atoms with Crippen LogP contribution >= 0.6 is 11.8 Å². The maximum absolute atomic E-state index is 12.7. The van der Waals surface area contributed by atoms with Gasteiger partial charge in [0.05, 0.1) is 5.56 Å². The number of alkyl halides is 3. The van der Waals surface area contributed by atoms with Crippen molar-refractivity contribution in [3.8, 4) is 0 Å². The van der Waals surface area contributed by atoms with E-state index in [2.05, 4.69) is 69.2 Å². The zero-order valence-electron chi connectivity index (χ0n) is 22.6. The molecule has 1 aromatic rings. The number of pyridine rings is 1. The van der Waals surface area contributed by atoms with E-state index in [0.29, 0.717) is 11.9 Å². The number of aliphatic carboxylic acids is 1. The van der Waals surface area contributed by atoms with Crippen molar-refractivity contribution in [2.24, 2.45) is 0 Å². The molecule has 0 spiro atoms. The minimum Gasteiger partial charge on any atom is -0.480 e. The zero-order chi connectivity index (χ0) is 27.8.